The number of carbonyl (C=O) groups excluding carboxylic acids is 1. The van der Waals surface area contributed by atoms with E-state index in [0.717, 1.165) is 30.6 Å². The van der Waals surface area contributed by atoms with Crippen LogP contribution < -0.4 is 0 Å². The van der Waals surface area contributed by atoms with Crippen molar-refractivity contribution in [1.82, 2.24) is 4.98 Å². The molecule has 1 aromatic rings. The van der Waals surface area contributed by atoms with Crippen LogP contribution in [0.1, 0.15) is 44.4 Å². The molecule has 18 heavy (non-hydrogen) atoms. The van der Waals surface area contributed by atoms with Gasteiger partial charge in [0.2, 0.25) is 0 Å². The SMILES string of the molecule is COC1(C(=O)Cc2cncs2)CCC(C)(C)CC1. The largest absolute Gasteiger partial charge is 0.370 e. The van der Waals surface area contributed by atoms with Gasteiger partial charge in [0, 0.05) is 24.6 Å². The van der Waals surface area contributed by atoms with Crippen molar-refractivity contribution in [3.05, 3.63) is 16.6 Å². The highest BCUT2D eigenvalue weighted by Crippen LogP contribution is 2.42. The van der Waals surface area contributed by atoms with E-state index < -0.39 is 5.60 Å². The summed E-state index contributed by atoms with van der Waals surface area (Å²) in [6, 6.07) is 0. The van der Waals surface area contributed by atoms with Crippen molar-refractivity contribution in [1.29, 1.82) is 0 Å². The molecule has 0 unspecified atom stereocenters. The lowest BCUT2D eigenvalue weighted by Crippen LogP contribution is -2.46. The fourth-order valence-corrected chi connectivity index (χ4v) is 3.17. The smallest absolute Gasteiger partial charge is 0.169 e. The first-order valence-electron chi connectivity index (χ1n) is 6.43. The second-order valence-corrected chi connectivity index (χ2v) is 6.90. The van der Waals surface area contributed by atoms with Crippen molar-refractivity contribution in [2.75, 3.05) is 7.11 Å². The highest BCUT2D eigenvalue weighted by Gasteiger charge is 2.43. The van der Waals surface area contributed by atoms with Crippen LogP contribution >= 0.6 is 11.3 Å². The Labute approximate surface area is 113 Å². The average molecular weight is 267 g/mol. The van der Waals surface area contributed by atoms with Gasteiger partial charge in [-0.05, 0) is 31.1 Å². The summed E-state index contributed by atoms with van der Waals surface area (Å²) in [6.45, 7) is 4.53. The second kappa shape index (κ2) is 5.10. The van der Waals surface area contributed by atoms with Gasteiger partial charge in [0.1, 0.15) is 5.60 Å². The molecule has 0 amide bonds. The van der Waals surface area contributed by atoms with E-state index in [1.807, 2.05) is 0 Å². The van der Waals surface area contributed by atoms with Crippen LogP contribution in [0.25, 0.3) is 0 Å². The summed E-state index contributed by atoms with van der Waals surface area (Å²) in [5.41, 5.74) is 1.55. The second-order valence-electron chi connectivity index (χ2n) is 5.93. The number of Topliss-reactive ketones (excluding diaryl/α,β-unsaturated/α-hetero) is 1. The van der Waals surface area contributed by atoms with E-state index in [1.54, 1.807) is 18.8 Å². The van der Waals surface area contributed by atoms with E-state index >= 15 is 0 Å². The number of ether oxygens (including phenoxy) is 1. The zero-order valence-electron chi connectivity index (χ0n) is 11.4. The number of methoxy groups -OCH3 is 1. The first-order chi connectivity index (χ1) is 8.47. The molecular weight excluding hydrogens is 246 g/mol. The Morgan fingerprint density at radius 3 is 2.56 bits per heavy atom. The minimum atomic E-state index is -0.556. The van der Waals surface area contributed by atoms with Gasteiger partial charge >= 0.3 is 0 Å². The Bertz CT molecular complexity index is 401. The minimum Gasteiger partial charge on any atom is -0.370 e. The minimum absolute atomic E-state index is 0.213. The summed E-state index contributed by atoms with van der Waals surface area (Å²) in [5.74, 6) is 0.213. The quantitative estimate of drug-likeness (QED) is 0.840. The van der Waals surface area contributed by atoms with Crippen LogP contribution in [0.3, 0.4) is 0 Å². The molecule has 2 rings (SSSR count). The molecule has 1 aliphatic rings. The third-order valence-electron chi connectivity index (χ3n) is 4.13. The lowest BCUT2D eigenvalue weighted by Gasteiger charge is -2.41. The van der Waals surface area contributed by atoms with Gasteiger partial charge in [-0.25, -0.2) is 0 Å². The van der Waals surface area contributed by atoms with Gasteiger partial charge < -0.3 is 4.74 Å². The van der Waals surface area contributed by atoms with Crippen LogP contribution in [0.5, 0.6) is 0 Å². The number of nitrogens with zero attached hydrogens (tertiary/aromatic N) is 1. The Morgan fingerprint density at radius 1 is 1.39 bits per heavy atom. The molecular formula is C14H21NO2S. The van der Waals surface area contributed by atoms with Crippen molar-refractivity contribution in [2.45, 2.75) is 51.6 Å². The van der Waals surface area contributed by atoms with Crippen molar-refractivity contribution >= 4 is 17.1 Å². The van der Waals surface area contributed by atoms with E-state index in [-0.39, 0.29) is 5.78 Å². The van der Waals surface area contributed by atoms with Crippen molar-refractivity contribution in [2.24, 2.45) is 5.41 Å². The maximum Gasteiger partial charge on any atom is 0.169 e. The van der Waals surface area contributed by atoms with Gasteiger partial charge in [0.05, 0.1) is 5.51 Å². The fraction of sp³-hybridized carbons (Fsp3) is 0.714. The highest BCUT2D eigenvalue weighted by molar-refractivity contribution is 7.09. The standard InChI is InChI=1S/C14H21NO2S/c1-13(2)4-6-14(17-3,7-5-13)12(16)8-11-9-15-10-18-11/h9-10H,4-8H2,1-3H3. The molecule has 4 heteroatoms. The van der Waals surface area contributed by atoms with Crippen molar-refractivity contribution in [3.63, 3.8) is 0 Å². The molecule has 1 saturated carbocycles. The molecule has 0 atom stereocenters. The maximum absolute atomic E-state index is 12.5. The molecule has 1 aromatic heterocycles. The summed E-state index contributed by atoms with van der Waals surface area (Å²) >= 11 is 1.54. The summed E-state index contributed by atoms with van der Waals surface area (Å²) in [7, 11) is 1.67. The maximum atomic E-state index is 12.5. The van der Waals surface area contributed by atoms with Gasteiger partial charge in [0.15, 0.2) is 5.78 Å². The molecule has 3 nitrogen and oxygen atoms in total. The molecule has 0 aromatic carbocycles. The topological polar surface area (TPSA) is 39.2 Å². The summed E-state index contributed by atoms with van der Waals surface area (Å²) < 4.78 is 5.62. The highest BCUT2D eigenvalue weighted by atomic mass is 32.1. The monoisotopic (exact) mass is 267 g/mol. The molecule has 1 heterocycles. The Balaban J connectivity index is 2.06. The molecule has 100 valence electrons. The molecule has 0 bridgehead atoms. The van der Waals surface area contributed by atoms with Crippen molar-refractivity contribution in [3.8, 4) is 0 Å². The van der Waals surface area contributed by atoms with Crippen molar-refractivity contribution < 1.29 is 9.53 Å². The third-order valence-corrected chi connectivity index (χ3v) is 4.91. The normalized spacial score (nSPS) is 21.7. The number of aromatic nitrogens is 1. The average Bonchev–Trinajstić information content (AvgIpc) is 2.82. The summed E-state index contributed by atoms with van der Waals surface area (Å²) in [4.78, 5) is 17.5. The van der Waals surface area contributed by atoms with E-state index in [0.29, 0.717) is 11.8 Å². The number of hydrogen-bond acceptors (Lipinski definition) is 4. The van der Waals surface area contributed by atoms with Gasteiger partial charge in [0.25, 0.3) is 0 Å². The van der Waals surface area contributed by atoms with E-state index in [2.05, 4.69) is 18.8 Å². The van der Waals surface area contributed by atoms with E-state index in [9.17, 15) is 4.79 Å². The van der Waals surface area contributed by atoms with E-state index in [1.165, 1.54) is 11.3 Å². The number of thiazole rings is 1. The number of rotatable bonds is 4. The summed E-state index contributed by atoms with van der Waals surface area (Å²) in [6.07, 6.45) is 6.02. The van der Waals surface area contributed by atoms with Gasteiger partial charge in [-0.3, -0.25) is 9.78 Å². The van der Waals surface area contributed by atoms with Crippen LogP contribution in [0.2, 0.25) is 0 Å². The zero-order chi connectivity index (χ0) is 13.2. The van der Waals surface area contributed by atoms with Crippen LogP contribution in [-0.2, 0) is 16.0 Å². The van der Waals surface area contributed by atoms with Crippen LogP contribution in [0.15, 0.2) is 11.7 Å². The Kier molecular flexibility index (Phi) is 3.87. The Hall–Kier alpha value is -0.740. The zero-order valence-corrected chi connectivity index (χ0v) is 12.2. The molecule has 0 N–H and O–H groups in total. The first kappa shape index (κ1) is 13.7. The lowest BCUT2D eigenvalue weighted by molar-refractivity contribution is -0.147. The molecule has 1 aliphatic carbocycles. The van der Waals surface area contributed by atoms with Gasteiger partial charge in [-0.1, -0.05) is 13.8 Å². The molecule has 0 saturated heterocycles. The molecule has 0 spiro atoms. The predicted molar refractivity (Wildman–Crippen MR) is 72.8 cm³/mol. The number of carbonyl (C=O) groups is 1. The molecule has 1 fully saturated rings. The van der Waals surface area contributed by atoms with Gasteiger partial charge in [-0.2, -0.15) is 0 Å². The lowest BCUT2D eigenvalue weighted by atomic mass is 9.69. The Morgan fingerprint density at radius 2 is 2.06 bits per heavy atom. The fourth-order valence-electron chi connectivity index (χ4n) is 2.58. The van der Waals surface area contributed by atoms with E-state index in [4.69, 9.17) is 4.74 Å². The van der Waals surface area contributed by atoms with Crippen LogP contribution in [0, 0.1) is 5.41 Å². The van der Waals surface area contributed by atoms with Crippen LogP contribution in [0.4, 0.5) is 0 Å². The first-order valence-corrected chi connectivity index (χ1v) is 7.31. The molecule has 0 aliphatic heterocycles. The number of hydrogen-bond donors (Lipinski definition) is 0. The van der Waals surface area contributed by atoms with Gasteiger partial charge in [-0.15, -0.1) is 11.3 Å². The van der Waals surface area contributed by atoms with Crippen LogP contribution in [-0.4, -0.2) is 23.5 Å². The third kappa shape index (κ3) is 2.81. The predicted octanol–water partition coefficient (Wildman–Crippen LogP) is 3.24. The summed E-state index contributed by atoms with van der Waals surface area (Å²) in [5, 5.41) is 0. The number of ketones is 1. The molecule has 0 radical (unpaired) electrons.